The first-order chi connectivity index (χ1) is 15.9. The molecule has 0 bridgehead atoms. The molecule has 0 aliphatic heterocycles. The number of anilines is 1. The van der Waals surface area contributed by atoms with E-state index in [1.54, 1.807) is 36.4 Å². The fraction of sp³-hybridized carbons (Fsp3) is 0.250. The van der Waals surface area contributed by atoms with Gasteiger partial charge in [-0.3, -0.25) is 14.4 Å². The van der Waals surface area contributed by atoms with Gasteiger partial charge < -0.3 is 10.1 Å². The summed E-state index contributed by atoms with van der Waals surface area (Å²) in [6, 6.07) is 21.9. The van der Waals surface area contributed by atoms with Crippen molar-refractivity contribution < 1.29 is 19.1 Å². The standard InChI is InChI=1S/C28H29NO4/c1-4-21-11-14-24(15-12-21)29-25(30)16-17-26(31)33-28(22-8-6-5-7-9-22)27(32)23-13-10-19(2)20(3)18-23/h5-15,18,28H,4,16-17H2,1-3H3,(H,29,30)/t28-/m0/s1. The number of ether oxygens (including phenoxy) is 1. The van der Waals surface area contributed by atoms with Crippen LogP contribution in [0, 0.1) is 13.8 Å². The lowest BCUT2D eigenvalue weighted by molar-refractivity contribution is -0.148. The predicted octanol–water partition coefficient (Wildman–Crippen LogP) is 5.75. The number of aryl methyl sites for hydroxylation is 3. The smallest absolute Gasteiger partial charge is 0.307 e. The van der Waals surface area contributed by atoms with Crippen molar-refractivity contribution in [2.45, 2.75) is 46.1 Å². The van der Waals surface area contributed by atoms with E-state index in [9.17, 15) is 14.4 Å². The van der Waals surface area contributed by atoms with Crippen LogP contribution in [0.4, 0.5) is 5.69 Å². The molecule has 3 rings (SSSR count). The van der Waals surface area contributed by atoms with Gasteiger partial charge in [-0.2, -0.15) is 0 Å². The maximum atomic E-state index is 13.2. The van der Waals surface area contributed by atoms with Crippen molar-refractivity contribution in [3.8, 4) is 0 Å². The van der Waals surface area contributed by atoms with Gasteiger partial charge in [-0.05, 0) is 55.2 Å². The SMILES string of the molecule is CCc1ccc(NC(=O)CCC(=O)O[C@H](C(=O)c2ccc(C)c(C)c2)c2ccccc2)cc1. The van der Waals surface area contributed by atoms with Gasteiger partial charge >= 0.3 is 5.97 Å². The van der Waals surface area contributed by atoms with Gasteiger partial charge in [0.2, 0.25) is 11.7 Å². The van der Waals surface area contributed by atoms with Crippen LogP contribution in [0.2, 0.25) is 0 Å². The molecule has 5 nitrogen and oxygen atoms in total. The topological polar surface area (TPSA) is 72.5 Å². The number of carbonyl (C=O) groups is 3. The molecule has 0 saturated heterocycles. The summed E-state index contributed by atoms with van der Waals surface area (Å²) >= 11 is 0. The van der Waals surface area contributed by atoms with Crippen LogP contribution in [0.25, 0.3) is 0 Å². The van der Waals surface area contributed by atoms with E-state index in [0.717, 1.165) is 17.5 Å². The molecule has 0 spiro atoms. The average Bonchev–Trinajstić information content (AvgIpc) is 2.83. The fourth-order valence-electron chi connectivity index (χ4n) is 3.40. The monoisotopic (exact) mass is 443 g/mol. The molecule has 0 aromatic heterocycles. The maximum Gasteiger partial charge on any atom is 0.307 e. The zero-order valence-electron chi connectivity index (χ0n) is 19.3. The summed E-state index contributed by atoms with van der Waals surface area (Å²) in [7, 11) is 0. The van der Waals surface area contributed by atoms with Gasteiger partial charge in [0.15, 0.2) is 6.10 Å². The third-order valence-electron chi connectivity index (χ3n) is 5.58. The van der Waals surface area contributed by atoms with Crippen LogP contribution in [0.15, 0.2) is 72.8 Å². The van der Waals surface area contributed by atoms with E-state index in [1.165, 1.54) is 5.56 Å². The minimum absolute atomic E-state index is 0.0340. The third kappa shape index (κ3) is 6.62. The van der Waals surface area contributed by atoms with Crippen molar-refractivity contribution in [1.82, 2.24) is 0 Å². The quantitative estimate of drug-likeness (QED) is 0.337. The molecule has 1 N–H and O–H groups in total. The Morgan fingerprint density at radius 2 is 1.55 bits per heavy atom. The Bertz CT molecular complexity index is 1120. The van der Waals surface area contributed by atoms with Crippen molar-refractivity contribution >= 4 is 23.3 Å². The molecular weight excluding hydrogens is 414 g/mol. The molecule has 0 fully saturated rings. The Labute approximate surface area is 194 Å². The summed E-state index contributed by atoms with van der Waals surface area (Å²) in [6.07, 6.45) is -0.301. The van der Waals surface area contributed by atoms with E-state index in [-0.39, 0.29) is 24.5 Å². The van der Waals surface area contributed by atoms with Crippen molar-refractivity contribution in [2.75, 3.05) is 5.32 Å². The van der Waals surface area contributed by atoms with E-state index in [0.29, 0.717) is 16.8 Å². The number of rotatable bonds is 9. The Morgan fingerprint density at radius 3 is 2.18 bits per heavy atom. The number of ketones is 1. The van der Waals surface area contributed by atoms with Crippen LogP contribution in [-0.4, -0.2) is 17.7 Å². The number of nitrogens with one attached hydrogen (secondary N) is 1. The number of Topliss-reactive ketones (excluding diaryl/α,β-unsaturated/α-hetero) is 1. The lowest BCUT2D eigenvalue weighted by Gasteiger charge is -2.18. The van der Waals surface area contributed by atoms with Gasteiger partial charge in [0, 0.05) is 23.2 Å². The molecule has 0 saturated carbocycles. The zero-order chi connectivity index (χ0) is 23.8. The van der Waals surface area contributed by atoms with E-state index < -0.39 is 12.1 Å². The van der Waals surface area contributed by atoms with E-state index in [2.05, 4.69) is 12.2 Å². The summed E-state index contributed by atoms with van der Waals surface area (Å²) in [5, 5.41) is 2.78. The van der Waals surface area contributed by atoms with Gasteiger partial charge in [-0.25, -0.2) is 0 Å². The van der Waals surface area contributed by atoms with Crippen molar-refractivity contribution in [1.29, 1.82) is 0 Å². The number of carbonyl (C=O) groups excluding carboxylic acids is 3. The second-order valence-electron chi connectivity index (χ2n) is 8.04. The Kier molecular flexibility index (Phi) is 8.14. The van der Waals surface area contributed by atoms with Crippen LogP contribution in [-0.2, 0) is 20.7 Å². The first-order valence-electron chi connectivity index (χ1n) is 11.1. The summed E-state index contributed by atoms with van der Waals surface area (Å²) < 4.78 is 5.59. The zero-order valence-corrected chi connectivity index (χ0v) is 19.3. The van der Waals surface area contributed by atoms with E-state index in [1.807, 2.05) is 50.2 Å². The molecule has 0 radical (unpaired) electrons. The molecular formula is C28H29NO4. The summed E-state index contributed by atoms with van der Waals surface area (Å²) in [5.41, 5.74) is 5.00. The third-order valence-corrected chi connectivity index (χ3v) is 5.58. The fourth-order valence-corrected chi connectivity index (χ4v) is 3.40. The lowest BCUT2D eigenvalue weighted by atomic mass is 9.97. The van der Waals surface area contributed by atoms with E-state index in [4.69, 9.17) is 4.74 Å². The molecule has 3 aromatic rings. The highest BCUT2D eigenvalue weighted by Gasteiger charge is 2.26. The molecule has 0 aliphatic carbocycles. The second kappa shape index (κ2) is 11.2. The van der Waals surface area contributed by atoms with Crippen molar-refractivity contribution in [3.63, 3.8) is 0 Å². The van der Waals surface area contributed by atoms with Gasteiger partial charge in [-0.1, -0.05) is 61.5 Å². The maximum absolute atomic E-state index is 13.2. The number of amides is 1. The van der Waals surface area contributed by atoms with Crippen LogP contribution < -0.4 is 5.32 Å². The first-order valence-corrected chi connectivity index (χ1v) is 11.1. The molecule has 0 heterocycles. The minimum Gasteiger partial charge on any atom is -0.449 e. The normalized spacial score (nSPS) is 11.5. The Balaban J connectivity index is 1.65. The average molecular weight is 444 g/mol. The lowest BCUT2D eigenvalue weighted by Crippen LogP contribution is -2.21. The van der Waals surface area contributed by atoms with Crippen LogP contribution >= 0.6 is 0 Å². The molecule has 1 amide bonds. The summed E-state index contributed by atoms with van der Waals surface area (Å²) in [4.78, 5) is 38.1. The Hall–Kier alpha value is -3.73. The number of hydrogen-bond acceptors (Lipinski definition) is 4. The van der Waals surface area contributed by atoms with Gasteiger partial charge in [0.1, 0.15) is 0 Å². The predicted molar refractivity (Wildman–Crippen MR) is 129 cm³/mol. The van der Waals surface area contributed by atoms with E-state index >= 15 is 0 Å². The summed E-state index contributed by atoms with van der Waals surface area (Å²) in [6.45, 7) is 5.97. The van der Waals surface area contributed by atoms with Crippen LogP contribution in [0.5, 0.6) is 0 Å². The minimum atomic E-state index is -1.06. The summed E-state index contributed by atoms with van der Waals surface area (Å²) in [5.74, 6) is -1.18. The van der Waals surface area contributed by atoms with Crippen LogP contribution in [0.1, 0.15) is 58.5 Å². The first kappa shape index (κ1) is 23.9. The molecule has 33 heavy (non-hydrogen) atoms. The number of hydrogen-bond donors (Lipinski definition) is 1. The highest BCUT2D eigenvalue weighted by molar-refractivity contribution is 6.01. The van der Waals surface area contributed by atoms with Gasteiger partial charge in [-0.15, -0.1) is 0 Å². The highest BCUT2D eigenvalue weighted by Crippen LogP contribution is 2.24. The molecule has 1 atom stereocenters. The largest absolute Gasteiger partial charge is 0.449 e. The van der Waals surface area contributed by atoms with Crippen molar-refractivity contribution in [2.24, 2.45) is 0 Å². The number of esters is 1. The van der Waals surface area contributed by atoms with Crippen LogP contribution in [0.3, 0.4) is 0 Å². The number of benzene rings is 3. The molecule has 0 aliphatic rings. The van der Waals surface area contributed by atoms with Crippen molar-refractivity contribution in [3.05, 3.63) is 101 Å². The molecule has 5 heteroatoms. The van der Waals surface area contributed by atoms with Gasteiger partial charge in [0.25, 0.3) is 0 Å². The Morgan fingerprint density at radius 1 is 0.848 bits per heavy atom. The molecule has 0 unspecified atom stereocenters. The second-order valence-corrected chi connectivity index (χ2v) is 8.04. The molecule has 170 valence electrons. The van der Waals surface area contributed by atoms with Gasteiger partial charge in [0.05, 0.1) is 6.42 Å². The highest BCUT2D eigenvalue weighted by atomic mass is 16.5. The molecule has 3 aromatic carbocycles.